The molecule has 116 valence electrons. The number of hydrogen-bond donors (Lipinski definition) is 2. The highest BCUT2D eigenvalue weighted by Gasteiger charge is 2.17. The first-order valence-corrected chi connectivity index (χ1v) is 7.92. The van der Waals surface area contributed by atoms with Crippen LogP contribution in [0.2, 0.25) is 0 Å². The van der Waals surface area contributed by atoms with Crippen LogP contribution in [0.5, 0.6) is 5.75 Å². The molecule has 0 atom stereocenters. The average molecular weight is 305 g/mol. The molecule has 0 bridgehead atoms. The molecule has 1 aliphatic heterocycles. The molecule has 2 N–H and O–H groups in total. The van der Waals surface area contributed by atoms with Crippen molar-refractivity contribution in [3.8, 4) is 5.75 Å². The van der Waals surface area contributed by atoms with Crippen molar-refractivity contribution in [3.05, 3.63) is 66.0 Å². The number of H-pyrrole nitrogens is 1. The van der Waals surface area contributed by atoms with Crippen LogP contribution in [0.25, 0.3) is 16.6 Å². The summed E-state index contributed by atoms with van der Waals surface area (Å²) in [6, 6.07) is 11.7. The summed E-state index contributed by atoms with van der Waals surface area (Å²) in [5.41, 5.74) is 4.47. The second-order valence-corrected chi connectivity index (χ2v) is 5.96. The van der Waals surface area contributed by atoms with Crippen LogP contribution in [0, 0.1) is 0 Å². The Kier molecular flexibility index (Phi) is 3.60. The topological polar surface area (TPSA) is 52.1 Å². The summed E-state index contributed by atoms with van der Waals surface area (Å²) in [4.78, 5) is 9.99. The van der Waals surface area contributed by atoms with Gasteiger partial charge >= 0.3 is 0 Å². The Morgan fingerprint density at radius 3 is 3.00 bits per heavy atom. The maximum absolute atomic E-state index is 9.98. The van der Waals surface area contributed by atoms with Gasteiger partial charge in [0.05, 0.1) is 0 Å². The third-order valence-corrected chi connectivity index (χ3v) is 4.41. The van der Waals surface area contributed by atoms with Crippen molar-refractivity contribution in [2.45, 2.75) is 13.0 Å². The minimum Gasteiger partial charge on any atom is -0.508 e. The Hall–Kier alpha value is -2.59. The molecule has 4 rings (SSSR count). The number of fused-ring (bicyclic) bond motifs is 1. The molecule has 1 aliphatic rings. The summed E-state index contributed by atoms with van der Waals surface area (Å²) >= 11 is 0. The quantitative estimate of drug-likeness (QED) is 0.778. The Morgan fingerprint density at radius 1 is 1.17 bits per heavy atom. The molecule has 0 aliphatic carbocycles. The fraction of sp³-hybridized carbons (Fsp3) is 0.211. The lowest BCUT2D eigenvalue weighted by Crippen LogP contribution is -2.29. The lowest BCUT2D eigenvalue weighted by atomic mass is 10.0. The van der Waals surface area contributed by atoms with Gasteiger partial charge in [-0.3, -0.25) is 4.90 Å². The van der Waals surface area contributed by atoms with E-state index in [1.54, 1.807) is 6.07 Å². The SMILES string of the molecule is Oc1ccccc1CN1CCC=C(c2c[nH]c3ncccc23)C1. The first kappa shape index (κ1) is 14.0. The largest absolute Gasteiger partial charge is 0.508 e. The van der Waals surface area contributed by atoms with E-state index in [4.69, 9.17) is 0 Å². The molecule has 0 fully saturated rings. The number of rotatable bonds is 3. The number of nitrogens with zero attached hydrogens (tertiary/aromatic N) is 2. The second kappa shape index (κ2) is 5.89. The third-order valence-electron chi connectivity index (χ3n) is 4.41. The number of phenols is 1. The normalized spacial score (nSPS) is 15.7. The molecule has 4 heteroatoms. The van der Waals surface area contributed by atoms with E-state index in [9.17, 15) is 5.11 Å². The van der Waals surface area contributed by atoms with Gasteiger partial charge in [-0.05, 0) is 30.2 Å². The molecule has 23 heavy (non-hydrogen) atoms. The number of para-hydroxylation sites is 1. The van der Waals surface area contributed by atoms with Crippen LogP contribution in [0.3, 0.4) is 0 Å². The molecule has 2 aromatic heterocycles. The number of benzene rings is 1. The van der Waals surface area contributed by atoms with Crippen LogP contribution in [0.15, 0.2) is 54.9 Å². The molecular formula is C19H19N3O. The van der Waals surface area contributed by atoms with Crippen LogP contribution in [-0.2, 0) is 6.54 Å². The van der Waals surface area contributed by atoms with E-state index in [1.807, 2.05) is 36.7 Å². The number of nitrogens with one attached hydrogen (secondary N) is 1. The van der Waals surface area contributed by atoms with Crippen molar-refractivity contribution in [1.82, 2.24) is 14.9 Å². The number of phenolic OH excluding ortho intramolecular Hbond substituents is 1. The highest BCUT2D eigenvalue weighted by molar-refractivity contribution is 5.91. The summed E-state index contributed by atoms with van der Waals surface area (Å²) in [6.45, 7) is 2.67. The van der Waals surface area contributed by atoms with Crippen LogP contribution >= 0.6 is 0 Å². The van der Waals surface area contributed by atoms with Gasteiger partial charge in [-0.2, -0.15) is 0 Å². The van der Waals surface area contributed by atoms with E-state index < -0.39 is 0 Å². The Labute approximate surface area is 135 Å². The van der Waals surface area contributed by atoms with Gasteiger partial charge in [0, 0.05) is 48.5 Å². The lowest BCUT2D eigenvalue weighted by Gasteiger charge is -2.27. The van der Waals surface area contributed by atoms with E-state index in [1.165, 1.54) is 16.5 Å². The van der Waals surface area contributed by atoms with Crippen molar-refractivity contribution in [2.24, 2.45) is 0 Å². The van der Waals surface area contributed by atoms with Crippen LogP contribution < -0.4 is 0 Å². The molecule has 0 radical (unpaired) electrons. The highest BCUT2D eigenvalue weighted by Crippen LogP contribution is 2.28. The second-order valence-electron chi connectivity index (χ2n) is 5.96. The smallest absolute Gasteiger partial charge is 0.137 e. The molecule has 0 unspecified atom stereocenters. The van der Waals surface area contributed by atoms with E-state index in [0.717, 1.165) is 37.3 Å². The van der Waals surface area contributed by atoms with E-state index in [-0.39, 0.29) is 0 Å². The van der Waals surface area contributed by atoms with Crippen LogP contribution in [0.4, 0.5) is 0 Å². The van der Waals surface area contributed by atoms with Gasteiger partial charge < -0.3 is 10.1 Å². The fourth-order valence-electron chi connectivity index (χ4n) is 3.24. The molecule has 3 aromatic rings. The minimum atomic E-state index is 0.375. The minimum absolute atomic E-state index is 0.375. The van der Waals surface area contributed by atoms with Gasteiger partial charge in [-0.15, -0.1) is 0 Å². The standard InChI is InChI=1S/C19H19N3O/c23-18-8-2-1-5-15(18)13-22-10-4-6-14(12-22)17-11-21-19-16(17)7-3-9-20-19/h1-3,5-9,11,23H,4,10,12-13H2,(H,20,21). The van der Waals surface area contributed by atoms with Gasteiger partial charge in [-0.1, -0.05) is 24.3 Å². The Morgan fingerprint density at radius 2 is 2.09 bits per heavy atom. The summed E-state index contributed by atoms with van der Waals surface area (Å²) in [7, 11) is 0. The van der Waals surface area contributed by atoms with Crippen molar-refractivity contribution < 1.29 is 5.11 Å². The summed E-state index contributed by atoms with van der Waals surface area (Å²) in [5, 5.41) is 11.1. The molecule has 0 spiro atoms. The van der Waals surface area contributed by atoms with Crippen molar-refractivity contribution in [1.29, 1.82) is 0 Å². The number of pyridine rings is 1. The number of hydrogen-bond acceptors (Lipinski definition) is 3. The molecular weight excluding hydrogens is 286 g/mol. The molecule has 3 heterocycles. The van der Waals surface area contributed by atoms with Crippen molar-refractivity contribution in [3.63, 3.8) is 0 Å². The van der Waals surface area contributed by atoms with Crippen molar-refractivity contribution >= 4 is 16.6 Å². The van der Waals surface area contributed by atoms with E-state index in [0.29, 0.717) is 5.75 Å². The molecule has 0 saturated carbocycles. The van der Waals surface area contributed by atoms with Gasteiger partial charge in [0.2, 0.25) is 0 Å². The highest BCUT2D eigenvalue weighted by atomic mass is 16.3. The average Bonchev–Trinajstić information content (AvgIpc) is 3.01. The van der Waals surface area contributed by atoms with E-state index in [2.05, 4.69) is 27.0 Å². The summed E-state index contributed by atoms with van der Waals surface area (Å²) in [6.07, 6.45) is 7.20. The zero-order valence-electron chi connectivity index (χ0n) is 12.9. The first-order valence-electron chi connectivity index (χ1n) is 7.92. The maximum atomic E-state index is 9.98. The fourth-order valence-corrected chi connectivity index (χ4v) is 3.24. The predicted molar refractivity (Wildman–Crippen MR) is 92.1 cm³/mol. The summed E-state index contributed by atoms with van der Waals surface area (Å²) < 4.78 is 0. The summed E-state index contributed by atoms with van der Waals surface area (Å²) in [5.74, 6) is 0.375. The third kappa shape index (κ3) is 2.73. The van der Waals surface area contributed by atoms with Gasteiger partial charge in [0.1, 0.15) is 11.4 Å². The lowest BCUT2D eigenvalue weighted by molar-refractivity contribution is 0.291. The Balaban J connectivity index is 1.57. The predicted octanol–water partition coefficient (Wildman–Crippen LogP) is 3.56. The molecule has 0 amide bonds. The van der Waals surface area contributed by atoms with Gasteiger partial charge in [0.15, 0.2) is 0 Å². The molecule has 0 saturated heterocycles. The zero-order chi connectivity index (χ0) is 15.6. The molecule has 1 aromatic carbocycles. The van der Waals surface area contributed by atoms with Crippen molar-refractivity contribution in [2.75, 3.05) is 13.1 Å². The number of aromatic amines is 1. The van der Waals surface area contributed by atoms with Crippen LogP contribution in [-0.4, -0.2) is 33.1 Å². The van der Waals surface area contributed by atoms with E-state index >= 15 is 0 Å². The maximum Gasteiger partial charge on any atom is 0.137 e. The Bertz CT molecular complexity index is 866. The van der Waals surface area contributed by atoms with Gasteiger partial charge in [-0.25, -0.2) is 4.98 Å². The van der Waals surface area contributed by atoms with Gasteiger partial charge in [0.25, 0.3) is 0 Å². The number of aromatic nitrogens is 2. The molecule has 4 nitrogen and oxygen atoms in total. The zero-order valence-corrected chi connectivity index (χ0v) is 12.9. The van der Waals surface area contributed by atoms with Crippen LogP contribution in [0.1, 0.15) is 17.5 Å². The first-order chi connectivity index (χ1) is 11.3. The number of aromatic hydroxyl groups is 1. The monoisotopic (exact) mass is 305 g/mol.